The molecule has 3 heteroatoms. The van der Waals surface area contributed by atoms with Crippen LogP contribution in [0, 0.1) is 17.3 Å². The van der Waals surface area contributed by atoms with E-state index < -0.39 is 6.04 Å². The molecular weight excluding hydrogens is 200 g/mol. The van der Waals surface area contributed by atoms with Gasteiger partial charge < -0.3 is 11.1 Å². The summed E-state index contributed by atoms with van der Waals surface area (Å²) in [6, 6.07) is 0.0217. The fourth-order valence-electron chi connectivity index (χ4n) is 2.18. The lowest BCUT2D eigenvalue weighted by Crippen LogP contribution is -2.52. The molecule has 1 atom stereocenters. The van der Waals surface area contributed by atoms with E-state index in [9.17, 15) is 4.79 Å². The first-order chi connectivity index (χ1) is 7.39. The fourth-order valence-corrected chi connectivity index (χ4v) is 2.18. The molecular formula is C13H24N2O. The Morgan fingerprint density at radius 3 is 1.94 bits per heavy atom. The second kappa shape index (κ2) is 4.02. The van der Waals surface area contributed by atoms with Crippen molar-refractivity contribution in [1.82, 2.24) is 5.32 Å². The molecule has 0 heterocycles. The molecule has 3 N–H and O–H groups in total. The Kier molecular flexibility index (Phi) is 2.99. The molecule has 0 aliphatic heterocycles. The topological polar surface area (TPSA) is 55.1 Å². The first kappa shape index (κ1) is 11.9. The van der Waals surface area contributed by atoms with Gasteiger partial charge >= 0.3 is 0 Å². The lowest BCUT2D eigenvalue weighted by molar-refractivity contribution is -0.125. The van der Waals surface area contributed by atoms with E-state index in [0.29, 0.717) is 6.04 Å². The fraction of sp³-hybridized carbons (Fsp3) is 0.923. The number of amides is 1. The Morgan fingerprint density at radius 1 is 1.19 bits per heavy atom. The van der Waals surface area contributed by atoms with Gasteiger partial charge in [0.1, 0.15) is 0 Å². The van der Waals surface area contributed by atoms with Gasteiger partial charge in [0.05, 0.1) is 6.04 Å². The molecule has 3 nitrogen and oxygen atoms in total. The zero-order chi connectivity index (χ0) is 11.9. The third-order valence-corrected chi connectivity index (χ3v) is 3.78. The van der Waals surface area contributed by atoms with Crippen molar-refractivity contribution >= 4 is 5.91 Å². The largest absolute Gasteiger partial charge is 0.351 e. The number of carbonyl (C=O) groups excluding carboxylic acids is 1. The van der Waals surface area contributed by atoms with Gasteiger partial charge in [-0.05, 0) is 42.9 Å². The number of rotatable bonds is 4. The van der Waals surface area contributed by atoms with Gasteiger partial charge in [-0.3, -0.25) is 4.79 Å². The first-order valence-electron chi connectivity index (χ1n) is 6.45. The van der Waals surface area contributed by atoms with E-state index in [4.69, 9.17) is 5.73 Å². The van der Waals surface area contributed by atoms with Crippen molar-refractivity contribution in [2.24, 2.45) is 23.0 Å². The van der Waals surface area contributed by atoms with Gasteiger partial charge in [-0.15, -0.1) is 0 Å². The maximum Gasteiger partial charge on any atom is 0.237 e. The zero-order valence-electron chi connectivity index (χ0n) is 10.6. The minimum Gasteiger partial charge on any atom is -0.351 e. The second-order valence-corrected chi connectivity index (χ2v) is 6.55. The molecule has 0 aromatic heterocycles. The summed E-state index contributed by atoms with van der Waals surface area (Å²) in [4.78, 5) is 12.0. The van der Waals surface area contributed by atoms with Crippen LogP contribution in [0.3, 0.4) is 0 Å². The number of carbonyl (C=O) groups is 1. The van der Waals surface area contributed by atoms with Crippen molar-refractivity contribution in [1.29, 1.82) is 0 Å². The third-order valence-electron chi connectivity index (χ3n) is 3.78. The minimum absolute atomic E-state index is 0.0382. The van der Waals surface area contributed by atoms with E-state index in [1.54, 1.807) is 0 Å². The summed E-state index contributed by atoms with van der Waals surface area (Å²) >= 11 is 0. The molecule has 92 valence electrons. The average molecular weight is 224 g/mol. The van der Waals surface area contributed by atoms with E-state index in [1.807, 2.05) is 20.8 Å². The molecule has 0 spiro atoms. The highest BCUT2D eigenvalue weighted by atomic mass is 16.2. The molecule has 0 radical (unpaired) electrons. The van der Waals surface area contributed by atoms with Gasteiger partial charge in [-0.1, -0.05) is 20.8 Å². The Bertz CT molecular complexity index is 262. The Hall–Kier alpha value is -0.570. The van der Waals surface area contributed by atoms with Crippen LogP contribution in [-0.2, 0) is 4.79 Å². The van der Waals surface area contributed by atoms with Crippen LogP contribution >= 0.6 is 0 Å². The quantitative estimate of drug-likeness (QED) is 0.763. The molecule has 2 aliphatic carbocycles. The van der Waals surface area contributed by atoms with Crippen LogP contribution in [0.1, 0.15) is 46.5 Å². The van der Waals surface area contributed by atoms with Crippen LogP contribution in [0.25, 0.3) is 0 Å². The highest BCUT2D eigenvalue weighted by Gasteiger charge is 2.43. The van der Waals surface area contributed by atoms with Crippen molar-refractivity contribution in [3.8, 4) is 0 Å². The smallest absolute Gasteiger partial charge is 0.237 e. The van der Waals surface area contributed by atoms with Crippen molar-refractivity contribution < 1.29 is 4.79 Å². The number of hydrogen-bond acceptors (Lipinski definition) is 2. The molecule has 0 bridgehead atoms. The monoisotopic (exact) mass is 224 g/mol. The molecule has 2 rings (SSSR count). The van der Waals surface area contributed by atoms with E-state index in [2.05, 4.69) is 5.32 Å². The van der Waals surface area contributed by atoms with Crippen LogP contribution in [0.2, 0.25) is 0 Å². The van der Waals surface area contributed by atoms with E-state index in [0.717, 1.165) is 11.8 Å². The summed E-state index contributed by atoms with van der Waals surface area (Å²) in [6.45, 7) is 6.04. The van der Waals surface area contributed by atoms with Gasteiger partial charge in [0.15, 0.2) is 0 Å². The molecule has 2 aliphatic rings. The first-order valence-corrected chi connectivity index (χ1v) is 6.45. The van der Waals surface area contributed by atoms with Crippen LogP contribution in [0.4, 0.5) is 0 Å². The predicted molar refractivity (Wildman–Crippen MR) is 64.8 cm³/mol. The lowest BCUT2D eigenvalue weighted by Gasteiger charge is -2.28. The number of nitrogens with two attached hydrogens (primary N) is 1. The summed E-state index contributed by atoms with van der Waals surface area (Å²) in [5, 5.41) is 3.18. The van der Waals surface area contributed by atoms with Gasteiger partial charge in [0.2, 0.25) is 5.91 Å². The predicted octanol–water partition coefficient (Wildman–Crippen LogP) is 1.66. The van der Waals surface area contributed by atoms with Crippen molar-refractivity contribution in [2.45, 2.75) is 58.5 Å². The molecule has 0 unspecified atom stereocenters. The Balaban J connectivity index is 1.89. The molecule has 0 aromatic rings. The highest BCUT2D eigenvalue weighted by molar-refractivity contribution is 5.82. The standard InChI is InChI=1S/C13H24N2O/c1-13(2,3)11(14)12(16)15-10(8-4-5-8)9-6-7-9/h8-11H,4-7,14H2,1-3H3,(H,15,16)/t11-/m0/s1. The van der Waals surface area contributed by atoms with Gasteiger partial charge in [-0.25, -0.2) is 0 Å². The van der Waals surface area contributed by atoms with E-state index in [1.165, 1.54) is 25.7 Å². The van der Waals surface area contributed by atoms with E-state index in [-0.39, 0.29) is 11.3 Å². The molecule has 2 saturated carbocycles. The van der Waals surface area contributed by atoms with Crippen LogP contribution in [0.15, 0.2) is 0 Å². The summed E-state index contributed by atoms with van der Waals surface area (Å²) in [7, 11) is 0. The number of nitrogens with one attached hydrogen (secondary N) is 1. The van der Waals surface area contributed by atoms with Crippen molar-refractivity contribution in [3.63, 3.8) is 0 Å². The Labute approximate surface area is 98.2 Å². The van der Waals surface area contributed by atoms with Crippen LogP contribution in [-0.4, -0.2) is 18.0 Å². The van der Waals surface area contributed by atoms with Crippen LogP contribution in [0.5, 0.6) is 0 Å². The van der Waals surface area contributed by atoms with E-state index >= 15 is 0 Å². The summed E-state index contributed by atoms with van der Waals surface area (Å²) in [5.74, 6) is 1.52. The van der Waals surface area contributed by atoms with Crippen molar-refractivity contribution in [3.05, 3.63) is 0 Å². The van der Waals surface area contributed by atoms with Gasteiger partial charge in [-0.2, -0.15) is 0 Å². The van der Waals surface area contributed by atoms with Gasteiger partial charge in [0.25, 0.3) is 0 Å². The second-order valence-electron chi connectivity index (χ2n) is 6.55. The average Bonchev–Trinajstić information content (AvgIpc) is 3.00. The normalized spacial score (nSPS) is 23.3. The SMILES string of the molecule is CC(C)(C)[C@@H](N)C(=O)NC(C1CC1)C1CC1. The number of hydrogen-bond donors (Lipinski definition) is 2. The maximum absolute atomic E-state index is 12.0. The van der Waals surface area contributed by atoms with Gasteiger partial charge in [0, 0.05) is 6.04 Å². The summed E-state index contributed by atoms with van der Waals surface area (Å²) < 4.78 is 0. The third kappa shape index (κ3) is 2.76. The zero-order valence-corrected chi connectivity index (χ0v) is 10.6. The lowest BCUT2D eigenvalue weighted by atomic mass is 9.86. The highest BCUT2D eigenvalue weighted by Crippen LogP contribution is 2.44. The van der Waals surface area contributed by atoms with Crippen LogP contribution < -0.4 is 11.1 Å². The Morgan fingerprint density at radius 2 is 1.62 bits per heavy atom. The summed E-state index contributed by atoms with van der Waals surface area (Å²) in [6.07, 6.45) is 5.14. The minimum atomic E-state index is -0.396. The maximum atomic E-state index is 12.0. The molecule has 1 amide bonds. The van der Waals surface area contributed by atoms with Crippen molar-refractivity contribution in [2.75, 3.05) is 0 Å². The summed E-state index contributed by atoms with van der Waals surface area (Å²) in [5.41, 5.74) is 5.82. The molecule has 0 saturated heterocycles. The molecule has 0 aromatic carbocycles. The molecule has 16 heavy (non-hydrogen) atoms. The molecule has 2 fully saturated rings.